The van der Waals surface area contributed by atoms with Crippen LogP contribution in [0.25, 0.3) is 0 Å². The van der Waals surface area contributed by atoms with Crippen LogP contribution in [0.5, 0.6) is 0 Å². The van der Waals surface area contributed by atoms with Gasteiger partial charge in [-0.3, -0.25) is 9.69 Å². The van der Waals surface area contributed by atoms with Gasteiger partial charge >= 0.3 is 0 Å². The van der Waals surface area contributed by atoms with Gasteiger partial charge in [-0.2, -0.15) is 0 Å². The molecule has 1 amide bonds. The van der Waals surface area contributed by atoms with E-state index >= 15 is 0 Å². The number of hydrogen-bond acceptors (Lipinski definition) is 2. The molecule has 0 saturated heterocycles. The number of amides is 1. The monoisotopic (exact) mass is 258 g/mol. The van der Waals surface area contributed by atoms with Crippen molar-refractivity contribution in [3.8, 4) is 0 Å². The van der Waals surface area contributed by atoms with Crippen LogP contribution in [0.15, 0.2) is 30.3 Å². The van der Waals surface area contributed by atoms with Crippen molar-refractivity contribution in [1.82, 2.24) is 10.2 Å². The van der Waals surface area contributed by atoms with Gasteiger partial charge in [0, 0.05) is 19.1 Å². The number of nitrogens with one attached hydrogen (secondary N) is 1. The Morgan fingerprint density at radius 2 is 1.89 bits per heavy atom. The van der Waals surface area contributed by atoms with E-state index in [0.717, 1.165) is 19.0 Å². The van der Waals surface area contributed by atoms with E-state index in [-0.39, 0.29) is 5.91 Å². The zero-order valence-corrected chi connectivity index (χ0v) is 11.3. The summed E-state index contributed by atoms with van der Waals surface area (Å²) in [5, 5.41) is 3.06. The number of hydrogen-bond donors (Lipinski definition) is 1. The van der Waals surface area contributed by atoms with Crippen LogP contribution >= 0.6 is 0 Å². The van der Waals surface area contributed by atoms with Crippen molar-refractivity contribution in [3.05, 3.63) is 35.9 Å². The molecule has 2 aliphatic carbocycles. The number of carbonyl (C=O) groups excluding carboxylic acids is 1. The lowest BCUT2D eigenvalue weighted by Gasteiger charge is -2.21. The minimum atomic E-state index is 0.190. The molecule has 0 unspecified atom stereocenters. The van der Waals surface area contributed by atoms with Gasteiger partial charge in [0.15, 0.2) is 0 Å². The molecule has 0 radical (unpaired) electrons. The zero-order valence-electron chi connectivity index (χ0n) is 11.3. The third-order valence-electron chi connectivity index (χ3n) is 3.92. The standard InChI is InChI=1S/C16H22N2O/c19-16(17-10-13-6-7-13)12-18(15-8-9-15)11-14-4-2-1-3-5-14/h1-5,13,15H,6-12H2,(H,17,19). The number of benzene rings is 1. The first-order valence-corrected chi connectivity index (χ1v) is 7.36. The van der Waals surface area contributed by atoms with Crippen molar-refractivity contribution in [2.24, 2.45) is 5.92 Å². The third kappa shape index (κ3) is 4.06. The molecule has 102 valence electrons. The Morgan fingerprint density at radius 1 is 1.16 bits per heavy atom. The highest BCUT2D eigenvalue weighted by molar-refractivity contribution is 5.78. The summed E-state index contributed by atoms with van der Waals surface area (Å²) in [4.78, 5) is 14.3. The molecule has 3 heteroatoms. The van der Waals surface area contributed by atoms with Crippen LogP contribution in [0, 0.1) is 5.92 Å². The first kappa shape index (κ1) is 12.7. The maximum atomic E-state index is 12.0. The number of carbonyl (C=O) groups is 1. The summed E-state index contributed by atoms with van der Waals surface area (Å²) in [6.45, 7) is 2.32. The zero-order chi connectivity index (χ0) is 13.1. The highest BCUT2D eigenvalue weighted by Crippen LogP contribution is 2.29. The average molecular weight is 258 g/mol. The number of nitrogens with zero attached hydrogens (tertiary/aromatic N) is 1. The molecule has 0 spiro atoms. The second kappa shape index (κ2) is 5.74. The molecule has 2 aliphatic rings. The van der Waals surface area contributed by atoms with Crippen LogP contribution in [-0.4, -0.2) is 29.9 Å². The summed E-state index contributed by atoms with van der Waals surface area (Å²) in [7, 11) is 0. The fraction of sp³-hybridized carbons (Fsp3) is 0.562. The van der Waals surface area contributed by atoms with E-state index < -0.39 is 0 Å². The first-order valence-electron chi connectivity index (χ1n) is 7.36. The summed E-state index contributed by atoms with van der Waals surface area (Å²) in [5.74, 6) is 0.946. The molecule has 0 heterocycles. The SMILES string of the molecule is O=C(CN(Cc1ccccc1)C1CC1)NCC1CC1. The van der Waals surface area contributed by atoms with Gasteiger partial charge in [0.05, 0.1) is 6.54 Å². The summed E-state index contributed by atoms with van der Waals surface area (Å²) < 4.78 is 0. The molecule has 0 bridgehead atoms. The Bertz CT molecular complexity index is 424. The van der Waals surface area contributed by atoms with Crippen molar-refractivity contribution in [2.45, 2.75) is 38.3 Å². The summed E-state index contributed by atoms with van der Waals surface area (Å²) in [6, 6.07) is 11.1. The van der Waals surface area contributed by atoms with Crippen LogP contribution in [-0.2, 0) is 11.3 Å². The smallest absolute Gasteiger partial charge is 0.234 e. The van der Waals surface area contributed by atoms with Gasteiger partial charge in [0.25, 0.3) is 0 Å². The fourth-order valence-corrected chi connectivity index (χ4v) is 2.39. The minimum Gasteiger partial charge on any atom is -0.355 e. The average Bonchev–Trinajstić information content (AvgIpc) is 3.30. The largest absolute Gasteiger partial charge is 0.355 e. The quantitative estimate of drug-likeness (QED) is 0.813. The predicted molar refractivity (Wildman–Crippen MR) is 75.6 cm³/mol. The molecule has 0 aliphatic heterocycles. The van der Waals surface area contributed by atoms with Crippen molar-refractivity contribution in [3.63, 3.8) is 0 Å². The summed E-state index contributed by atoms with van der Waals surface area (Å²) >= 11 is 0. The third-order valence-corrected chi connectivity index (χ3v) is 3.92. The molecule has 3 rings (SSSR count). The molecule has 1 N–H and O–H groups in total. The Hall–Kier alpha value is -1.35. The second-order valence-electron chi connectivity index (χ2n) is 5.87. The molecule has 1 aromatic rings. The van der Waals surface area contributed by atoms with E-state index in [1.54, 1.807) is 0 Å². The molecular formula is C16H22N2O. The van der Waals surface area contributed by atoms with Gasteiger partial charge in [-0.25, -0.2) is 0 Å². The van der Waals surface area contributed by atoms with Crippen LogP contribution in [0.1, 0.15) is 31.2 Å². The van der Waals surface area contributed by atoms with E-state index in [1.807, 2.05) is 6.07 Å². The van der Waals surface area contributed by atoms with Crippen LogP contribution < -0.4 is 5.32 Å². The second-order valence-corrected chi connectivity index (χ2v) is 5.87. The van der Waals surface area contributed by atoms with Crippen molar-refractivity contribution in [1.29, 1.82) is 0 Å². The Morgan fingerprint density at radius 3 is 2.53 bits per heavy atom. The Balaban J connectivity index is 1.50. The highest BCUT2D eigenvalue weighted by Gasteiger charge is 2.30. The predicted octanol–water partition coefficient (Wildman–Crippen LogP) is 2.18. The van der Waals surface area contributed by atoms with Crippen LogP contribution in [0.4, 0.5) is 0 Å². The first-order chi connectivity index (χ1) is 9.31. The van der Waals surface area contributed by atoms with Gasteiger partial charge in [0.1, 0.15) is 0 Å². The van der Waals surface area contributed by atoms with Gasteiger partial charge < -0.3 is 5.32 Å². The Kier molecular flexibility index (Phi) is 3.83. The van der Waals surface area contributed by atoms with E-state index in [0.29, 0.717) is 12.6 Å². The van der Waals surface area contributed by atoms with Crippen molar-refractivity contribution in [2.75, 3.05) is 13.1 Å². The molecule has 2 saturated carbocycles. The molecule has 19 heavy (non-hydrogen) atoms. The lowest BCUT2D eigenvalue weighted by Crippen LogP contribution is -2.38. The lowest BCUT2D eigenvalue weighted by atomic mass is 10.2. The highest BCUT2D eigenvalue weighted by atomic mass is 16.2. The molecule has 3 nitrogen and oxygen atoms in total. The Labute approximate surface area is 115 Å². The van der Waals surface area contributed by atoms with E-state index in [1.165, 1.54) is 31.2 Å². The molecule has 2 fully saturated rings. The van der Waals surface area contributed by atoms with Gasteiger partial charge in [-0.15, -0.1) is 0 Å². The van der Waals surface area contributed by atoms with E-state index in [4.69, 9.17) is 0 Å². The van der Waals surface area contributed by atoms with Crippen LogP contribution in [0.3, 0.4) is 0 Å². The van der Waals surface area contributed by atoms with Gasteiger partial charge in [-0.1, -0.05) is 30.3 Å². The van der Waals surface area contributed by atoms with E-state index in [2.05, 4.69) is 34.5 Å². The summed E-state index contributed by atoms with van der Waals surface area (Å²) in [5.41, 5.74) is 1.30. The van der Waals surface area contributed by atoms with Crippen molar-refractivity contribution >= 4 is 5.91 Å². The number of rotatable bonds is 7. The minimum absolute atomic E-state index is 0.190. The van der Waals surface area contributed by atoms with Crippen LogP contribution in [0.2, 0.25) is 0 Å². The molecule has 0 aromatic heterocycles. The molecule has 1 aromatic carbocycles. The topological polar surface area (TPSA) is 32.3 Å². The lowest BCUT2D eigenvalue weighted by molar-refractivity contribution is -0.122. The molecule has 0 atom stereocenters. The summed E-state index contributed by atoms with van der Waals surface area (Å²) in [6.07, 6.45) is 5.05. The van der Waals surface area contributed by atoms with Gasteiger partial charge in [-0.05, 0) is 37.2 Å². The maximum Gasteiger partial charge on any atom is 0.234 e. The van der Waals surface area contributed by atoms with Gasteiger partial charge in [0.2, 0.25) is 5.91 Å². The van der Waals surface area contributed by atoms with E-state index in [9.17, 15) is 4.79 Å². The molecular weight excluding hydrogens is 236 g/mol. The fourth-order valence-electron chi connectivity index (χ4n) is 2.39. The maximum absolute atomic E-state index is 12.0. The normalized spacial score (nSPS) is 18.6. The van der Waals surface area contributed by atoms with Crippen molar-refractivity contribution < 1.29 is 4.79 Å².